The van der Waals surface area contributed by atoms with Gasteiger partial charge >= 0.3 is 0 Å². The molecule has 1 fully saturated rings. The second-order valence-electron chi connectivity index (χ2n) is 1.28. The van der Waals surface area contributed by atoms with Crippen molar-refractivity contribution in [2.24, 2.45) is 0 Å². The second kappa shape index (κ2) is 4.87. The molecule has 11 heavy (non-hydrogen) atoms. The van der Waals surface area contributed by atoms with Crippen molar-refractivity contribution in [3.05, 3.63) is 5.64 Å². The van der Waals surface area contributed by atoms with Crippen LogP contribution in [-0.4, -0.2) is 21.6 Å². The average Bonchev–Trinajstić information content (AvgIpc) is 2.04. The molecule has 0 N–H and O–H groups in total. The molecule has 0 spiro atoms. The molecule has 0 radical (unpaired) electrons. The van der Waals surface area contributed by atoms with E-state index >= 15 is 0 Å². The highest BCUT2D eigenvalue weighted by Gasteiger charge is 2.02. The van der Waals surface area contributed by atoms with Crippen LogP contribution in [0.25, 0.3) is 5.64 Å². The Hall–Kier alpha value is 0.1000. The lowest BCUT2D eigenvalue weighted by Gasteiger charge is -2.14. The lowest BCUT2D eigenvalue weighted by Crippen LogP contribution is -2.05. The zero-order valence-corrected chi connectivity index (χ0v) is 6.76. The monoisotopic (exact) mass is 202 g/mol. The molecule has 7 nitrogen and oxygen atoms in total. The molecular weight excluding hydrogens is 198 g/mol. The summed E-state index contributed by atoms with van der Waals surface area (Å²) in [6.45, 7) is -0.00549. The van der Waals surface area contributed by atoms with E-state index in [1.165, 1.54) is 0 Å². The predicted molar refractivity (Wildman–Crippen MR) is 33.7 cm³/mol. The molecule has 0 bridgehead atoms. The van der Waals surface area contributed by atoms with Crippen LogP contribution in [0, 0.1) is 0 Å². The van der Waals surface area contributed by atoms with Gasteiger partial charge in [0.1, 0.15) is 0 Å². The first kappa shape index (κ1) is 9.19. The van der Waals surface area contributed by atoms with Crippen molar-refractivity contribution in [1.82, 2.24) is 0 Å². The Morgan fingerprint density at radius 1 is 1.00 bits per heavy atom. The van der Waals surface area contributed by atoms with Crippen LogP contribution in [-0.2, 0) is 39.7 Å². The first-order chi connectivity index (χ1) is 5.29. The van der Waals surface area contributed by atoms with Gasteiger partial charge in [0.25, 0.3) is 22.7 Å². The molecule has 2 unspecified atom stereocenters. The van der Waals surface area contributed by atoms with Crippen LogP contribution in [0.15, 0.2) is 0 Å². The topological polar surface area (TPSA) is 85.2 Å². The molecule has 0 aromatic carbocycles. The maximum absolute atomic E-state index is 10.4. The van der Waals surface area contributed by atoms with E-state index in [0.717, 1.165) is 0 Å². The average molecular weight is 202 g/mol. The van der Waals surface area contributed by atoms with Crippen LogP contribution in [0.3, 0.4) is 0 Å². The number of hydrogen-bond acceptors (Lipinski definition) is 6. The lowest BCUT2D eigenvalue weighted by atomic mass is 10.8. The molecule has 0 aromatic rings. The summed E-state index contributed by atoms with van der Waals surface area (Å²) in [4.78, 5) is 0. The van der Waals surface area contributed by atoms with E-state index in [9.17, 15) is 8.42 Å². The zero-order valence-electron chi connectivity index (χ0n) is 5.13. The van der Waals surface area contributed by atoms with E-state index in [-0.39, 0.29) is 13.2 Å². The summed E-state index contributed by atoms with van der Waals surface area (Å²) < 4.78 is 37.7. The highest BCUT2D eigenvalue weighted by Crippen LogP contribution is 2.04. The van der Waals surface area contributed by atoms with E-state index in [2.05, 4.69) is 22.6 Å². The highest BCUT2D eigenvalue weighted by atomic mass is 32.2. The molecule has 1 heterocycles. The number of rotatable bonds is 0. The predicted octanol–water partition coefficient (Wildman–Crippen LogP) is -0.573. The summed E-state index contributed by atoms with van der Waals surface area (Å²) in [6.07, 6.45) is 0. The molecule has 0 aromatic heterocycles. The molecule has 9 heteroatoms. The van der Waals surface area contributed by atoms with Crippen LogP contribution in [0.4, 0.5) is 0 Å². The minimum atomic E-state index is -2.00. The second-order valence-corrected chi connectivity index (χ2v) is 2.86. The Kier molecular flexibility index (Phi) is 4.07. The van der Waals surface area contributed by atoms with Crippen molar-refractivity contribution >= 4 is 22.7 Å². The molecule has 0 amide bonds. The first-order valence-electron chi connectivity index (χ1n) is 2.44. The van der Waals surface area contributed by atoms with E-state index in [4.69, 9.17) is 0 Å². The van der Waals surface area contributed by atoms with Gasteiger partial charge in [-0.1, -0.05) is 0 Å². The quantitative estimate of drug-likeness (QED) is 0.522. The van der Waals surface area contributed by atoms with Crippen molar-refractivity contribution in [2.45, 2.75) is 0 Å². The van der Waals surface area contributed by atoms with Gasteiger partial charge in [0.15, 0.2) is 0 Å². The normalized spacial score (nSPS) is 35.3. The van der Waals surface area contributed by atoms with Crippen molar-refractivity contribution < 1.29 is 25.4 Å². The Bertz CT molecular complexity index is 154. The Morgan fingerprint density at radius 2 is 1.45 bits per heavy atom. The van der Waals surface area contributed by atoms with E-state index in [1.54, 1.807) is 0 Å². The molecule has 2 atom stereocenters. The Morgan fingerprint density at radius 3 is 1.91 bits per heavy atom. The summed E-state index contributed by atoms with van der Waals surface area (Å²) in [5, 5.41) is 0. The molecule has 1 aliphatic rings. The van der Waals surface area contributed by atoms with Gasteiger partial charge in [-0.05, 0) is 0 Å². The van der Waals surface area contributed by atoms with Gasteiger partial charge in [0, 0.05) is 0 Å². The van der Waals surface area contributed by atoms with Crippen LogP contribution in [0.5, 0.6) is 0 Å². The van der Waals surface area contributed by atoms with Gasteiger partial charge in [0.2, 0.25) is 0 Å². The smallest absolute Gasteiger partial charge is 0.288 e. The van der Waals surface area contributed by atoms with Gasteiger partial charge in [-0.3, -0.25) is 8.37 Å². The van der Waals surface area contributed by atoms with Gasteiger partial charge in [-0.15, -0.1) is 0 Å². The highest BCUT2D eigenvalue weighted by molar-refractivity contribution is 7.76. The van der Waals surface area contributed by atoms with Crippen molar-refractivity contribution in [3.8, 4) is 0 Å². The van der Waals surface area contributed by atoms with Gasteiger partial charge in [-0.2, -0.15) is 8.42 Å². The molecule has 1 aliphatic heterocycles. The maximum atomic E-state index is 10.4. The SMILES string of the molecule is O=S1OCCOS(=O)O[N-]O1. The summed E-state index contributed by atoms with van der Waals surface area (Å²) in [6, 6.07) is 0. The number of hydrogen-bond donors (Lipinski definition) is 0. The Balaban J connectivity index is 2.35. The third-order valence-corrected chi connectivity index (χ3v) is 1.71. The third kappa shape index (κ3) is 3.86. The minimum absolute atomic E-state index is 0.00275. The van der Waals surface area contributed by atoms with Crippen LogP contribution in [0.1, 0.15) is 0 Å². The fraction of sp³-hybridized carbons (Fsp3) is 1.00. The van der Waals surface area contributed by atoms with Crippen molar-refractivity contribution in [2.75, 3.05) is 13.2 Å². The Labute approximate surface area is 67.6 Å². The molecule has 1 saturated heterocycles. The van der Waals surface area contributed by atoms with Crippen molar-refractivity contribution in [1.29, 1.82) is 0 Å². The van der Waals surface area contributed by atoms with Crippen molar-refractivity contribution in [3.63, 3.8) is 0 Å². The summed E-state index contributed by atoms with van der Waals surface area (Å²) in [7, 11) is 0. The third-order valence-electron chi connectivity index (χ3n) is 0.625. The van der Waals surface area contributed by atoms with Crippen LogP contribution < -0.4 is 0 Å². The van der Waals surface area contributed by atoms with E-state index in [0.29, 0.717) is 0 Å². The maximum Gasteiger partial charge on any atom is 0.288 e. The van der Waals surface area contributed by atoms with E-state index < -0.39 is 22.7 Å². The molecule has 1 rings (SSSR count). The van der Waals surface area contributed by atoms with Crippen LogP contribution in [0.2, 0.25) is 0 Å². The molecule has 66 valence electrons. The fourth-order valence-corrected chi connectivity index (χ4v) is 1.00. The summed E-state index contributed by atoms with van der Waals surface area (Å²) in [5.74, 6) is 0. The molecule has 0 saturated carbocycles. The fourth-order valence-electron chi connectivity index (χ4n) is 0.309. The van der Waals surface area contributed by atoms with E-state index in [1.807, 2.05) is 0 Å². The largest absolute Gasteiger partial charge is 0.371 e. The van der Waals surface area contributed by atoms with Gasteiger partial charge in [0.05, 0.1) is 13.2 Å². The zero-order chi connectivity index (χ0) is 8.10. The van der Waals surface area contributed by atoms with Gasteiger partial charge in [-0.25, -0.2) is 0 Å². The van der Waals surface area contributed by atoms with Gasteiger partial charge < -0.3 is 14.2 Å². The summed E-state index contributed by atoms with van der Waals surface area (Å²) >= 11 is -4.00. The number of nitrogens with zero attached hydrogens (tertiary/aromatic N) is 1. The van der Waals surface area contributed by atoms with Crippen LogP contribution >= 0.6 is 0 Å². The standard InChI is InChI=1S/C2H4NO6S2/c4-10-6-1-2-7-11(5)9-3-8-10/h1-2H2/q-1. The minimum Gasteiger partial charge on any atom is -0.371 e. The molecular formula is C2H4NO6S2-. The summed E-state index contributed by atoms with van der Waals surface area (Å²) in [5.41, 5.74) is 2.70. The molecule has 0 aliphatic carbocycles. The lowest BCUT2D eigenvalue weighted by molar-refractivity contribution is 0.227. The first-order valence-corrected chi connectivity index (χ1v) is 4.44.